The van der Waals surface area contributed by atoms with E-state index in [0.717, 1.165) is 17.7 Å². The Balaban J connectivity index is 2.01. The van der Waals surface area contributed by atoms with Gasteiger partial charge in [-0.05, 0) is 12.5 Å². The van der Waals surface area contributed by atoms with E-state index in [4.69, 9.17) is 4.74 Å². The van der Waals surface area contributed by atoms with Gasteiger partial charge in [-0.15, -0.1) is 0 Å². The van der Waals surface area contributed by atoms with Gasteiger partial charge in [0.1, 0.15) is 11.9 Å². The van der Waals surface area contributed by atoms with Crippen molar-refractivity contribution in [3.8, 4) is 0 Å². The molecule has 1 atom stereocenters. The van der Waals surface area contributed by atoms with Gasteiger partial charge >= 0.3 is 0 Å². The zero-order valence-electron chi connectivity index (χ0n) is 8.77. The smallest absolute Gasteiger partial charge is 0.159 e. The Labute approximate surface area is 89.6 Å². The van der Waals surface area contributed by atoms with Gasteiger partial charge in [0.05, 0.1) is 0 Å². The zero-order valence-corrected chi connectivity index (χ0v) is 8.77. The number of benzene rings is 1. The number of carbonyl (C=O) groups is 1. The molecule has 1 aromatic carbocycles. The summed E-state index contributed by atoms with van der Waals surface area (Å²) in [6, 6.07) is 10.0. The maximum Gasteiger partial charge on any atom is 0.159 e. The third kappa shape index (κ3) is 2.46. The maximum absolute atomic E-state index is 11.0. The SMILES string of the molecule is CC(OC1=CC(=O)CC1)c1ccccc1. The Hall–Kier alpha value is -1.57. The summed E-state index contributed by atoms with van der Waals surface area (Å²) in [5.41, 5.74) is 1.14. The molecule has 0 fully saturated rings. The number of ketones is 1. The molecule has 0 heterocycles. The van der Waals surface area contributed by atoms with E-state index < -0.39 is 0 Å². The number of rotatable bonds is 3. The standard InChI is InChI=1S/C13H14O2/c1-10(11-5-3-2-4-6-11)15-13-8-7-12(14)9-13/h2-6,9-10H,7-8H2,1H3. The first-order valence-electron chi connectivity index (χ1n) is 5.21. The van der Waals surface area contributed by atoms with Crippen LogP contribution in [0.2, 0.25) is 0 Å². The highest BCUT2D eigenvalue weighted by molar-refractivity contribution is 5.92. The van der Waals surface area contributed by atoms with Crippen LogP contribution in [-0.4, -0.2) is 5.78 Å². The third-order valence-electron chi connectivity index (χ3n) is 2.54. The molecule has 0 radical (unpaired) electrons. The van der Waals surface area contributed by atoms with Gasteiger partial charge in [-0.2, -0.15) is 0 Å². The second-order valence-corrected chi connectivity index (χ2v) is 3.75. The highest BCUT2D eigenvalue weighted by Crippen LogP contribution is 2.24. The van der Waals surface area contributed by atoms with E-state index in [0.29, 0.717) is 6.42 Å². The highest BCUT2D eigenvalue weighted by atomic mass is 16.5. The summed E-state index contributed by atoms with van der Waals surface area (Å²) in [5, 5.41) is 0. The first-order valence-corrected chi connectivity index (χ1v) is 5.21. The van der Waals surface area contributed by atoms with Crippen LogP contribution in [0.5, 0.6) is 0 Å². The van der Waals surface area contributed by atoms with Crippen LogP contribution in [0.25, 0.3) is 0 Å². The second-order valence-electron chi connectivity index (χ2n) is 3.75. The molecule has 1 aromatic rings. The molecule has 0 bridgehead atoms. The molecule has 0 aromatic heterocycles. The fourth-order valence-electron chi connectivity index (χ4n) is 1.68. The van der Waals surface area contributed by atoms with Crippen molar-refractivity contribution in [2.45, 2.75) is 25.9 Å². The minimum Gasteiger partial charge on any atom is -0.490 e. The molecule has 2 rings (SSSR count). The predicted molar refractivity (Wildman–Crippen MR) is 58.3 cm³/mol. The van der Waals surface area contributed by atoms with Crippen LogP contribution in [0.1, 0.15) is 31.4 Å². The fraction of sp³-hybridized carbons (Fsp3) is 0.308. The lowest BCUT2D eigenvalue weighted by atomic mass is 10.1. The van der Waals surface area contributed by atoms with Crippen molar-refractivity contribution in [1.29, 1.82) is 0 Å². The van der Waals surface area contributed by atoms with E-state index in [1.807, 2.05) is 37.3 Å². The lowest BCUT2D eigenvalue weighted by molar-refractivity contribution is -0.114. The lowest BCUT2D eigenvalue weighted by Gasteiger charge is -2.15. The predicted octanol–water partition coefficient (Wildman–Crippen LogP) is 3.01. The van der Waals surface area contributed by atoms with Crippen molar-refractivity contribution < 1.29 is 9.53 Å². The van der Waals surface area contributed by atoms with E-state index in [2.05, 4.69) is 0 Å². The first kappa shape index (κ1) is 9.97. The zero-order chi connectivity index (χ0) is 10.7. The molecular weight excluding hydrogens is 188 g/mol. The molecule has 0 saturated heterocycles. The van der Waals surface area contributed by atoms with Gasteiger partial charge in [-0.25, -0.2) is 0 Å². The second kappa shape index (κ2) is 4.30. The van der Waals surface area contributed by atoms with Crippen molar-refractivity contribution in [1.82, 2.24) is 0 Å². The fourth-order valence-corrected chi connectivity index (χ4v) is 1.68. The molecule has 78 valence electrons. The third-order valence-corrected chi connectivity index (χ3v) is 2.54. The van der Waals surface area contributed by atoms with E-state index in [1.54, 1.807) is 6.08 Å². The van der Waals surface area contributed by atoms with Crippen LogP contribution < -0.4 is 0 Å². The van der Waals surface area contributed by atoms with Crippen LogP contribution >= 0.6 is 0 Å². The van der Waals surface area contributed by atoms with E-state index in [9.17, 15) is 4.79 Å². The Morgan fingerprint density at radius 2 is 1.93 bits per heavy atom. The minimum atomic E-state index is 0.0170. The lowest BCUT2D eigenvalue weighted by Crippen LogP contribution is -1.98. The van der Waals surface area contributed by atoms with Crippen molar-refractivity contribution >= 4 is 5.78 Å². The van der Waals surface area contributed by atoms with Crippen LogP contribution in [0.3, 0.4) is 0 Å². The molecule has 0 spiro atoms. The summed E-state index contributed by atoms with van der Waals surface area (Å²) >= 11 is 0. The van der Waals surface area contributed by atoms with Crippen LogP contribution in [-0.2, 0) is 9.53 Å². The van der Waals surface area contributed by atoms with Gasteiger partial charge in [0.2, 0.25) is 0 Å². The van der Waals surface area contributed by atoms with Crippen molar-refractivity contribution in [3.05, 3.63) is 47.7 Å². The molecule has 1 aliphatic carbocycles. The van der Waals surface area contributed by atoms with Gasteiger partial charge in [0.15, 0.2) is 5.78 Å². The first-order chi connectivity index (χ1) is 7.25. The summed E-state index contributed by atoms with van der Waals surface area (Å²) in [6.07, 6.45) is 2.97. The maximum atomic E-state index is 11.0. The Morgan fingerprint density at radius 3 is 2.53 bits per heavy atom. The van der Waals surface area contributed by atoms with Gasteiger partial charge < -0.3 is 4.74 Å². The van der Waals surface area contributed by atoms with Gasteiger partial charge in [0, 0.05) is 18.9 Å². The van der Waals surface area contributed by atoms with Crippen LogP contribution in [0.15, 0.2) is 42.2 Å². The molecule has 1 aliphatic rings. The summed E-state index contributed by atoms with van der Waals surface area (Å²) in [6.45, 7) is 2.00. The van der Waals surface area contributed by atoms with Crippen molar-refractivity contribution in [3.63, 3.8) is 0 Å². The average Bonchev–Trinajstić information content (AvgIpc) is 2.65. The number of ether oxygens (including phenoxy) is 1. The van der Waals surface area contributed by atoms with E-state index >= 15 is 0 Å². The monoisotopic (exact) mass is 202 g/mol. The van der Waals surface area contributed by atoms with Gasteiger partial charge in [0.25, 0.3) is 0 Å². The summed E-state index contributed by atoms with van der Waals surface area (Å²) < 4.78 is 5.71. The quantitative estimate of drug-likeness (QED) is 0.753. The van der Waals surface area contributed by atoms with Crippen molar-refractivity contribution in [2.24, 2.45) is 0 Å². The Kier molecular flexibility index (Phi) is 2.86. The van der Waals surface area contributed by atoms with Crippen LogP contribution in [0.4, 0.5) is 0 Å². The topological polar surface area (TPSA) is 26.3 Å². The molecular formula is C13H14O2. The molecule has 0 saturated carbocycles. The largest absolute Gasteiger partial charge is 0.490 e. The average molecular weight is 202 g/mol. The number of allylic oxidation sites excluding steroid dienone is 2. The molecule has 0 N–H and O–H groups in total. The molecule has 0 aliphatic heterocycles. The highest BCUT2D eigenvalue weighted by Gasteiger charge is 2.16. The van der Waals surface area contributed by atoms with E-state index in [1.165, 1.54) is 0 Å². The summed E-state index contributed by atoms with van der Waals surface area (Å²) in [5.74, 6) is 0.988. The van der Waals surface area contributed by atoms with E-state index in [-0.39, 0.29) is 11.9 Å². The number of hydrogen-bond acceptors (Lipinski definition) is 2. The molecule has 2 nitrogen and oxygen atoms in total. The number of hydrogen-bond donors (Lipinski definition) is 0. The Bertz CT molecular complexity index is 379. The summed E-state index contributed by atoms with van der Waals surface area (Å²) in [4.78, 5) is 11.0. The Morgan fingerprint density at radius 1 is 1.20 bits per heavy atom. The molecule has 2 heteroatoms. The normalized spacial score (nSPS) is 17.4. The molecule has 1 unspecified atom stereocenters. The minimum absolute atomic E-state index is 0.0170. The molecule has 15 heavy (non-hydrogen) atoms. The van der Waals surface area contributed by atoms with Crippen molar-refractivity contribution in [2.75, 3.05) is 0 Å². The number of carbonyl (C=O) groups excluding carboxylic acids is 1. The van der Waals surface area contributed by atoms with Gasteiger partial charge in [-0.3, -0.25) is 4.79 Å². The summed E-state index contributed by atoms with van der Waals surface area (Å²) in [7, 11) is 0. The van der Waals surface area contributed by atoms with Gasteiger partial charge in [-0.1, -0.05) is 30.3 Å². The van der Waals surface area contributed by atoms with Crippen LogP contribution in [0, 0.1) is 0 Å². The molecule has 0 amide bonds.